The van der Waals surface area contributed by atoms with Crippen molar-refractivity contribution in [2.24, 2.45) is 0 Å². The summed E-state index contributed by atoms with van der Waals surface area (Å²) in [7, 11) is -5.18. The van der Waals surface area contributed by atoms with Gasteiger partial charge in [-0.1, -0.05) is 174 Å². The average molecular weight is 654 g/mol. The maximum atomic E-state index is 12.5. The molecule has 44 heavy (non-hydrogen) atoms. The summed E-state index contributed by atoms with van der Waals surface area (Å²) in [5, 5.41) is 13.3. The predicted molar refractivity (Wildman–Crippen MR) is 184 cm³/mol. The predicted octanol–water partition coefficient (Wildman–Crippen LogP) is 9.39. The molecule has 0 bridgehead atoms. The standard InChI is InChI=1S/C34H70NO6P.2H3N/c1-3-5-7-9-11-13-15-17-19-21-23-25-27-29-33(36)32(31-41-42(38,39)40)35-34(37)30-28-26-24-22-20-18-16-14-12-10-8-6-4-2;;/h32-33,36H,3-31H2,1-2H3,(H,35,37)(H2,38,39,40);2*1H3. The van der Waals surface area contributed by atoms with Crippen LogP contribution in [0, 0.1) is 0 Å². The first-order valence-electron chi connectivity index (χ1n) is 17.9. The maximum absolute atomic E-state index is 12.5. The molecule has 0 aliphatic carbocycles. The molecule has 0 rings (SSSR count). The molecule has 0 spiro atoms. The lowest BCUT2D eigenvalue weighted by atomic mass is 10.0. The fraction of sp³-hybridized carbons (Fsp3) is 0.971. The zero-order valence-electron chi connectivity index (χ0n) is 29.6. The van der Waals surface area contributed by atoms with Crippen LogP contribution in [0.1, 0.15) is 194 Å². The van der Waals surface area contributed by atoms with Crippen LogP contribution in [0.5, 0.6) is 0 Å². The molecule has 0 aliphatic rings. The third kappa shape index (κ3) is 35.9. The van der Waals surface area contributed by atoms with Gasteiger partial charge in [0, 0.05) is 6.42 Å². The first kappa shape index (κ1) is 47.9. The van der Waals surface area contributed by atoms with Crippen molar-refractivity contribution in [2.75, 3.05) is 6.61 Å². The van der Waals surface area contributed by atoms with Gasteiger partial charge in [-0.3, -0.25) is 4.79 Å². The molecule has 0 saturated heterocycles. The summed E-state index contributed by atoms with van der Waals surface area (Å²) < 4.78 is 15.4. The highest BCUT2D eigenvalue weighted by atomic mass is 31.2. The first-order valence-corrected chi connectivity index (χ1v) is 19.4. The highest BCUT2D eigenvalue weighted by molar-refractivity contribution is 7.43. The van der Waals surface area contributed by atoms with E-state index in [9.17, 15) is 24.3 Å². The number of phosphoric acid groups is 1. The minimum atomic E-state index is -5.18. The molecule has 0 fully saturated rings. The minimum absolute atomic E-state index is 0. The number of aliphatic hydroxyl groups excluding tert-OH is 1. The van der Waals surface area contributed by atoms with Crippen molar-refractivity contribution in [3.05, 3.63) is 0 Å². The van der Waals surface area contributed by atoms with E-state index in [-0.39, 0.29) is 18.2 Å². The number of hydrogen-bond donors (Lipinski definition) is 4. The van der Waals surface area contributed by atoms with Gasteiger partial charge in [-0.25, -0.2) is 0 Å². The van der Waals surface area contributed by atoms with Crippen molar-refractivity contribution in [3.8, 4) is 0 Å². The number of carbonyl (C=O) groups is 1. The van der Waals surface area contributed by atoms with Gasteiger partial charge in [-0.2, -0.15) is 0 Å². The van der Waals surface area contributed by atoms with Crippen molar-refractivity contribution in [3.63, 3.8) is 0 Å². The van der Waals surface area contributed by atoms with Gasteiger partial charge in [0.05, 0.1) is 26.6 Å². The Balaban J connectivity index is -0.00000840. The minimum Gasteiger partial charge on any atom is -0.790 e. The Morgan fingerprint density at radius 1 is 0.614 bits per heavy atom. The smallest absolute Gasteiger partial charge is 0.220 e. The van der Waals surface area contributed by atoms with Crippen molar-refractivity contribution < 1.29 is 28.8 Å². The Bertz CT molecular complexity index is 638. The van der Waals surface area contributed by atoms with Crippen LogP contribution in [0.25, 0.3) is 0 Å². The monoisotopic (exact) mass is 654 g/mol. The highest BCUT2D eigenvalue weighted by Crippen LogP contribution is 2.25. The van der Waals surface area contributed by atoms with E-state index < -0.39 is 26.6 Å². The van der Waals surface area contributed by atoms with E-state index in [0.29, 0.717) is 12.8 Å². The van der Waals surface area contributed by atoms with Crippen LogP contribution in [0.2, 0.25) is 0 Å². The molecule has 10 N–H and O–H groups in total. The molecule has 268 valence electrons. The van der Waals surface area contributed by atoms with Gasteiger partial charge in [0.1, 0.15) is 0 Å². The molecule has 9 nitrogen and oxygen atoms in total. The van der Waals surface area contributed by atoms with Crippen LogP contribution in [0.4, 0.5) is 0 Å². The van der Waals surface area contributed by atoms with Crippen molar-refractivity contribution >= 4 is 13.7 Å². The Morgan fingerprint density at radius 3 is 1.27 bits per heavy atom. The Hall–Kier alpha value is -0.540. The van der Waals surface area contributed by atoms with Gasteiger partial charge < -0.3 is 41.6 Å². The van der Waals surface area contributed by atoms with E-state index in [0.717, 1.165) is 38.5 Å². The molecule has 0 aliphatic heterocycles. The van der Waals surface area contributed by atoms with E-state index in [1.807, 2.05) is 0 Å². The summed E-state index contributed by atoms with van der Waals surface area (Å²) >= 11 is 0. The van der Waals surface area contributed by atoms with E-state index >= 15 is 0 Å². The number of rotatable bonds is 33. The van der Waals surface area contributed by atoms with Crippen LogP contribution in [-0.4, -0.2) is 29.8 Å². The number of hydrogen-bond acceptors (Lipinski definition) is 6. The summed E-state index contributed by atoms with van der Waals surface area (Å²) in [6.07, 6.45) is 31.8. The number of nitrogens with one attached hydrogen (secondary N) is 1. The fourth-order valence-electron chi connectivity index (χ4n) is 5.58. The summed E-state index contributed by atoms with van der Waals surface area (Å²) in [5.74, 6) is -0.234. The SMILES string of the molecule is CCCCCCCCCCCCCCCC(=O)NC(COP(=O)([O-])[O-])C(O)CCCCCCCCCCCCCCC.[NH4+].[NH4+]. The molecule has 2 atom stereocenters. The Kier molecular flexibility index (Phi) is 38.4. The Morgan fingerprint density at radius 2 is 0.932 bits per heavy atom. The van der Waals surface area contributed by atoms with Crippen LogP contribution in [0.3, 0.4) is 0 Å². The molecule has 0 aromatic rings. The van der Waals surface area contributed by atoms with Gasteiger partial charge in [-0.05, 0) is 12.8 Å². The molecule has 0 radical (unpaired) electrons. The lowest BCUT2D eigenvalue weighted by molar-refractivity contribution is -0.342. The van der Waals surface area contributed by atoms with E-state index in [4.69, 9.17) is 0 Å². The fourth-order valence-corrected chi connectivity index (χ4v) is 5.92. The van der Waals surface area contributed by atoms with E-state index in [1.165, 1.54) is 128 Å². The van der Waals surface area contributed by atoms with Gasteiger partial charge in [0.2, 0.25) is 5.91 Å². The number of phosphoric ester groups is 1. The normalized spacial score (nSPS) is 12.8. The Labute approximate surface area is 272 Å². The summed E-state index contributed by atoms with van der Waals surface area (Å²) in [4.78, 5) is 34.5. The number of unbranched alkanes of at least 4 members (excludes halogenated alkanes) is 24. The van der Waals surface area contributed by atoms with E-state index in [1.54, 1.807) is 0 Å². The molecular weight excluding hydrogens is 577 g/mol. The zero-order chi connectivity index (χ0) is 31.2. The quantitative estimate of drug-likeness (QED) is 0.0402. The maximum Gasteiger partial charge on any atom is 0.220 e. The van der Waals surface area contributed by atoms with Gasteiger partial charge in [-0.15, -0.1) is 0 Å². The number of carbonyl (C=O) groups excluding carboxylic acids is 1. The highest BCUT2D eigenvalue weighted by Gasteiger charge is 2.22. The second kappa shape index (κ2) is 35.3. The molecule has 0 heterocycles. The third-order valence-corrected chi connectivity index (χ3v) is 8.80. The average Bonchev–Trinajstić information content (AvgIpc) is 2.95. The van der Waals surface area contributed by atoms with Crippen LogP contribution >= 0.6 is 7.82 Å². The lowest BCUT2D eigenvalue weighted by Crippen LogP contribution is -2.46. The number of amides is 1. The largest absolute Gasteiger partial charge is 0.790 e. The van der Waals surface area contributed by atoms with Crippen molar-refractivity contribution in [2.45, 2.75) is 206 Å². The number of quaternary nitrogens is 2. The second-order valence-electron chi connectivity index (χ2n) is 12.5. The third-order valence-electron chi connectivity index (χ3n) is 8.33. The van der Waals surface area contributed by atoms with Crippen molar-refractivity contribution in [1.82, 2.24) is 17.6 Å². The zero-order valence-corrected chi connectivity index (χ0v) is 30.5. The van der Waals surface area contributed by atoms with Gasteiger partial charge in [0.15, 0.2) is 0 Å². The van der Waals surface area contributed by atoms with Gasteiger partial charge in [0.25, 0.3) is 0 Å². The van der Waals surface area contributed by atoms with Crippen LogP contribution in [-0.2, 0) is 13.9 Å². The topological polar surface area (TPSA) is 195 Å². The molecule has 0 aromatic carbocycles. The van der Waals surface area contributed by atoms with Crippen molar-refractivity contribution in [1.29, 1.82) is 0 Å². The summed E-state index contributed by atoms with van der Waals surface area (Å²) in [5.41, 5.74) is 0. The molecular formula is C34H76N3O6P. The van der Waals surface area contributed by atoms with E-state index in [2.05, 4.69) is 23.7 Å². The second-order valence-corrected chi connectivity index (χ2v) is 13.7. The number of aliphatic hydroxyl groups is 1. The molecule has 1 amide bonds. The van der Waals surface area contributed by atoms with Gasteiger partial charge >= 0.3 is 0 Å². The summed E-state index contributed by atoms with van der Waals surface area (Å²) in [6.45, 7) is 3.97. The first-order chi connectivity index (χ1) is 20.3. The molecule has 0 aromatic heterocycles. The van der Waals surface area contributed by atoms with Crippen LogP contribution < -0.4 is 27.4 Å². The molecule has 2 unspecified atom stereocenters. The van der Waals surface area contributed by atoms with Crippen LogP contribution in [0.15, 0.2) is 0 Å². The molecule has 10 heteroatoms. The summed E-state index contributed by atoms with van der Waals surface area (Å²) in [6, 6.07) is -0.895. The molecule has 0 saturated carbocycles. The lowest BCUT2D eigenvalue weighted by Gasteiger charge is -2.32.